The van der Waals surface area contributed by atoms with Crippen LogP contribution in [0.15, 0.2) is 42.6 Å². The molecule has 4 nitrogen and oxygen atoms in total. The van der Waals surface area contributed by atoms with Crippen molar-refractivity contribution in [3.8, 4) is 5.69 Å². The van der Waals surface area contributed by atoms with Crippen LogP contribution in [0.25, 0.3) is 5.69 Å². The molecule has 0 saturated heterocycles. The van der Waals surface area contributed by atoms with Crippen molar-refractivity contribution in [3.63, 3.8) is 0 Å². The van der Waals surface area contributed by atoms with Crippen molar-refractivity contribution in [1.82, 2.24) is 20.0 Å². The third-order valence-electron chi connectivity index (χ3n) is 3.06. The molecule has 19 heavy (non-hydrogen) atoms. The van der Waals surface area contributed by atoms with E-state index in [0.29, 0.717) is 0 Å². The van der Waals surface area contributed by atoms with Gasteiger partial charge in [0.15, 0.2) is 0 Å². The zero-order valence-corrected chi connectivity index (χ0v) is 11.7. The summed E-state index contributed by atoms with van der Waals surface area (Å²) in [5.74, 6) is 0. The van der Waals surface area contributed by atoms with Gasteiger partial charge in [0.25, 0.3) is 0 Å². The predicted octanol–water partition coefficient (Wildman–Crippen LogP) is 1.91. The number of hydrogen-bond donors (Lipinski definition) is 1. The maximum Gasteiger partial charge on any atom is 0.0769 e. The Morgan fingerprint density at radius 2 is 2.00 bits per heavy atom. The van der Waals surface area contributed by atoms with Gasteiger partial charge in [-0.2, -0.15) is 5.10 Å². The van der Waals surface area contributed by atoms with Gasteiger partial charge in [0.2, 0.25) is 0 Å². The minimum atomic E-state index is 0.892. The second kappa shape index (κ2) is 7.07. The molecule has 4 heteroatoms. The standard InChI is InChI=1S/C15H22N4/c1-16-10-6-11-18(2)13-14-9-12-19(17-14)15-7-4-3-5-8-15/h3-5,7-9,12,16H,6,10-11,13H2,1-2H3. The fourth-order valence-corrected chi connectivity index (χ4v) is 2.05. The lowest BCUT2D eigenvalue weighted by atomic mass is 10.3. The van der Waals surface area contributed by atoms with E-state index in [2.05, 4.69) is 40.6 Å². The molecular formula is C15H22N4. The first-order valence-electron chi connectivity index (χ1n) is 6.72. The van der Waals surface area contributed by atoms with Gasteiger partial charge in [-0.05, 0) is 51.8 Å². The number of aromatic nitrogens is 2. The Labute approximate surface area is 115 Å². The molecule has 2 rings (SSSR count). The second-order valence-electron chi connectivity index (χ2n) is 4.78. The Morgan fingerprint density at radius 1 is 1.21 bits per heavy atom. The Morgan fingerprint density at radius 3 is 2.74 bits per heavy atom. The van der Waals surface area contributed by atoms with Crippen LogP contribution in [0.2, 0.25) is 0 Å². The average Bonchev–Trinajstić information content (AvgIpc) is 2.88. The molecule has 0 unspecified atom stereocenters. The molecule has 0 aliphatic carbocycles. The molecule has 0 amide bonds. The number of hydrogen-bond acceptors (Lipinski definition) is 3. The summed E-state index contributed by atoms with van der Waals surface area (Å²) >= 11 is 0. The number of nitrogens with zero attached hydrogens (tertiary/aromatic N) is 3. The molecule has 0 fully saturated rings. The smallest absolute Gasteiger partial charge is 0.0769 e. The zero-order chi connectivity index (χ0) is 13.5. The van der Waals surface area contributed by atoms with Crippen LogP contribution in [-0.4, -0.2) is 41.9 Å². The number of benzene rings is 1. The summed E-state index contributed by atoms with van der Waals surface area (Å²) in [6.45, 7) is 3.03. The van der Waals surface area contributed by atoms with Crippen LogP contribution in [0, 0.1) is 0 Å². The molecule has 0 radical (unpaired) electrons. The van der Waals surface area contributed by atoms with Crippen LogP contribution in [0.3, 0.4) is 0 Å². The summed E-state index contributed by atoms with van der Waals surface area (Å²) in [7, 11) is 4.12. The van der Waals surface area contributed by atoms with Gasteiger partial charge in [-0.15, -0.1) is 0 Å². The molecule has 1 heterocycles. The van der Waals surface area contributed by atoms with E-state index >= 15 is 0 Å². The highest BCUT2D eigenvalue weighted by Crippen LogP contribution is 2.08. The quantitative estimate of drug-likeness (QED) is 0.770. The van der Waals surface area contributed by atoms with Gasteiger partial charge in [0, 0.05) is 12.7 Å². The maximum absolute atomic E-state index is 4.61. The minimum Gasteiger partial charge on any atom is -0.320 e. The van der Waals surface area contributed by atoms with Crippen LogP contribution in [0.4, 0.5) is 0 Å². The Balaban J connectivity index is 1.91. The Kier molecular flexibility index (Phi) is 5.12. The maximum atomic E-state index is 4.61. The summed E-state index contributed by atoms with van der Waals surface area (Å²) in [6.07, 6.45) is 3.18. The molecule has 0 spiro atoms. The van der Waals surface area contributed by atoms with Crippen LogP contribution < -0.4 is 5.32 Å². The van der Waals surface area contributed by atoms with Gasteiger partial charge >= 0.3 is 0 Å². The highest BCUT2D eigenvalue weighted by Gasteiger charge is 2.04. The van der Waals surface area contributed by atoms with Crippen molar-refractivity contribution in [2.24, 2.45) is 0 Å². The molecule has 1 aromatic carbocycles. The number of nitrogens with one attached hydrogen (secondary N) is 1. The van der Waals surface area contributed by atoms with Gasteiger partial charge in [-0.3, -0.25) is 0 Å². The van der Waals surface area contributed by atoms with Gasteiger partial charge in [0.1, 0.15) is 0 Å². The molecule has 1 aromatic heterocycles. The topological polar surface area (TPSA) is 33.1 Å². The summed E-state index contributed by atoms with van der Waals surface area (Å²) in [5, 5.41) is 7.77. The van der Waals surface area contributed by atoms with Crippen molar-refractivity contribution in [1.29, 1.82) is 0 Å². The second-order valence-corrected chi connectivity index (χ2v) is 4.78. The lowest BCUT2D eigenvalue weighted by Crippen LogP contribution is -2.22. The SMILES string of the molecule is CNCCCN(C)Cc1ccn(-c2ccccc2)n1. The molecule has 102 valence electrons. The van der Waals surface area contributed by atoms with E-state index in [1.807, 2.05) is 36.1 Å². The van der Waals surface area contributed by atoms with Crippen molar-refractivity contribution >= 4 is 0 Å². The van der Waals surface area contributed by atoms with E-state index in [1.54, 1.807) is 0 Å². The van der Waals surface area contributed by atoms with E-state index < -0.39 is 0 Å². The summed E-state index contributed by atoms with van der Waals surface area (Å²) in [6, 6.07) is 12.3. The van der Waals surface area contributed by atoms with Crippen molar-refractivity contribution in [2.75, 3.05) is 27.2 Å². The molecule has 2 aromatic rings. The van der Waals surface area contributed by atoms with Crippen molar-refractivity contribution in [2.45, 2.75) is 13.0 Å². The zero-order valence-electron chi connectivity index (χ0n) is 11.7. The molecule has 0 aliphatic heterocycles. The van der Waals surface area contributed by atoms with Crippen molar-refractivity contribution < 1.29 is 0 Å². The number of rotatable bonds is 7. The highest BCUT2D eigenvalue weighted by molar-refractivity contribution is 5.30. The lowest BCUT2D eigenvalue weighted by Gasteiger charge is -2.14. The number of para-hydroxylation sites is 1. The lowest BCUT2D eigenvalue weighted by molar-refractivity contribution is 0.316. The van der Waals surface area contributed by atoms with Crippen LogP contribution in [0.1, 0.15) is 12.1 Å². The van der Waals surface area contributed by atoms with Crippen LogP contribution in [0.5, 0.6) is 0 Å². The van der Waals surface area contributed by atoms with E-state index in [-0.39, 0.29) is 0 Å². The normalized spacial score (nSPS) is 11.1. The molecular weight excluding hydrogens is 236 g/mol. The molecule has 0 bridgehead atoms. The third kappa shape index (κ3) is 4.19. The van der Waals surface area contributed by atoms with Crippen LogP contribution in [-0.2, 0) is 6.54 Å². The third-order valence-corrected chi connectivity index (χ3v) is 3.06. The van der Waals surface area contributed by atoms with Gasteiger partial charge in [0.05, 0.1) is 11.4 Å². The van der Waals surface area contributed by atoms with E-state index in [0.717, 1.165) is 37.4 Å². The van der Waals surface area contributed by atoms with Gasteiger partial charge in [-0.25, -0.2) is 4.68 Å². The van der Waals surface area contributed by atoms with Gasteiger partial charge < -0.3 is 10.2 Å². The molecule has 0 saturated carbocycles. The summed E-state index contributed by atoms with van der Waals surface area (Å²) in [5.41, 5.74) is 2.21. The van der Waals surface area contributed by atoms with E-state index in [1.165, 1.54) is 0 Å². The first-order chi connectivity index (χ1) is 9.29. The fraction of sp³-hybridized carbons (Fsp3) is 0.400. The summed E-state index contributed by atoms with van der Waals surface area (Å²) in [4.78, 5) is 2.30. The largest absolute Gasteiger partial charge is 0.320 e. The molecule has 1 N–H and O–H groups in total. The van der Waals surface area contributed by atoms with Crippen LogP contribution >= 0.6 is 0 Å². The fourth-order valence-electron chi connectivity index (χ4n) is 2.05. The molecule has 0 aliphatic rings. The monoisotopic (exact) mass is 258 g/mol. The molecule has 0 atom stereocenters. The predicted molar refractivity (Wildman–Crippen MR) is 78.4 cm³/mol. The van der Waals surface area contributed by atoms with E-state index in [9.17, 15) is 0 Å². The van der Waals surface area contributed by atoms with Crippen molar-refractivity contribution in [3.05, 3.63) is 48.3 Å². The van der Waals surface area contributed by atoms with Gasteiger partial charge in [-0.1, -0.05) is 18.2 Å². The Bertz CT molecular complexity index is 478. The minimum absolute atomic E-state index is 0.892. The summed E-state index contributed by atoms with van der Waals surface area (Å²) < 4.78 is 1.93. The first-order valence-corrected chi connectivity index (χ1v) is 6.72. The average molecular weight is 258 g/mol. The van der Waals surface area contributed by atoms with E-state index in [4.69, 9.17) is 0 Å². The highest BCUT2D eigenvalue weighted by atomic mass is 15.3. The first kappa shape index (κ1) is 13.8. The Hall–Kier alpha value is -1.65.